The highest BCUT2D eigenvalue weighted by Crippen LogP contribution is 2.33. The minimum Gasteiger partial charge on any atom is -0.462 e. The van der Waals surface area contributed by atoms with Crippen LogP contribution in [0.2, 0.25) is 0 Å². The van der Waals surface area contributed by atoms with Crippen LogP contribution in [0.5, 0.6) is 0 Å². The van der Waals surface area contributed by atoms with Gasteiger partial charge in [-0.25, -0.2) is 4.79 Å². The number of ether oxygens (including phenoxy) is 1. The fourth-order valence-corrected chi connectivity index (χ4v) is 3.08. The molecule has 0 saturated carbocycles. The van der Waals surface area contributed by atoms with Gasteiger partial charge in [-0.2, -0.15) is 0 Å². The SMILES string of the molecule is C#CCNCC(=O)Nc1sc(C)c(CC)c1C(=O)OCC. The van der Waals surface area contributed by atoms with E-state index in [1.54, 1.807) is 6.92 Å². The fraction of sp³-hybridized carbons (Fsp3) is 0.467. The molecule has 1 heterocycles. The molecular formula is C15H20N2O3S. The molecule has 0 aliphatic carbocycles. The Bertz CT molecular complexity index is 558. The van der Waals surface area contributed by atoms with Crippen molar-refractivity contribution in [2.24, 2.45) is 0 Å². The molecule has 6 heteroatoms. The van der Waals surface area contributed by atoms with E-state index in [-0.39, 0.29) is 12.5 Å². The Kier molecular flexibility index (Phi) is 6.92. The Morgan fingerprint density at radius 1 is 1.38 bits per heavy atom. The largest absolute Gasteiger partial charge is 0.462 e. The number of hydrogen-bond donors (Lipinski definition) is 2. The first kappa shape index (κ1) is 17.2. The van der Waals surface area contributed by atoms with Gasteiger partial charge in [0.05, 0.1) is 25.3 Å². The van der Waals surface area contributed by atoms with Crippen LogP contribution in [0.25, 0.3) is 0 Å². The number of hydrogen-bond acceptors (Lipinski definition) is 5. The normalized spacial score (nSPS) is 10.0. The summed E-state index contributed by atoms with van der Waals surface area (Å²) in [6, 6.07) is 0. The number of amides is 1. The van der Waals surface area contributed by atoms with Crippen molar-refractivity contribution in [3.05, 3.63) is 16.0 Å². The van der Waals surface area contributed by atoms with Crippen LogP contribution < -0.4 is 10.6 Å². The molecule has 0 aromatic carbocycles. The fourth-order valence-electron chi connectivity index (χ4n) is 1.93. The zero-order valence-corrected chi connectivity index (χ0v) is 13.4. The average Bonchev–Trinajstić information content (AvgIpc) is 2.74. The van der Waals surface area contributed by atoms with E-state index in [9.17, 15) is 9.59 Å². The van der Waals surface area contributed by atoms with Crippen molar-refractivity contribution in [2.45, 2.75) is 27.2 Å². The summed E-state index contributed by atoms with van der Waals surface area (Å²) >= 11 is 1.39. The molecule has 5 nitrogen and oxygen atoms in total. The molecule has 114 valence electrons. The van der Waals surface area contributed by atoms with Crippen LogP contribution in [-0.2, 0) is 16.0 Å². The number of rotatable bonds is 7. The first-order chi connectivity index (χ1) is 10.0. The third-order valence-electron chi connectivity index (χ3n) is 2.81. The molecule has 0 unspecified atom stereocenters. The van der Waals surface area contributed by atoms with Crippen molar-refractivity contribution < 1.29 is 14.3 Å². The van der Waals surface area contributed by atoms with Crippen LogP contribution in [0.3, 0.4) is 0 Å². The molecule has 0 saturated heterocycles. The maximum atomic E-state index is 12.1. The molecule has 2 N–H and O–H groups in total. The van der Waals surface area contributed by atoms with Crippen LogP contribution >= 0.6 is 11.3 Å². The lowest BCUT2D eigenvalue weighted by molar-refractivity contribution is -0.115. The zero-order valence-electron chi connectivity index (χ0n) is 12.5. The number of carbonyl (C=O) groups is 2. The van der Waals surface area contributed by atoms with E-state index < -0.39 is 5.97 Å². The molecule has 1 aromatic heterocycles. The molecule has 0 spiro atoms. The Labute approximate surface area is 129 Å². The lowest BCUT2D eigenvalue weighted by Gasteiger charge is -2.08. The molecule has 0 aliphatic rings. The summed E-state index contributed by atoms with van der Waals surface area (Å²) in [7, 11) is 0. The van der Waals surface area contributed by atoms with Crippen molar-refractivity contribution in [3.63, 3.8) is 0 Å². The second-order valence-electron chi connectivity index (χ2n) is 4.27. The molecule has 1 amide bonds. The van der Waals surface area contributed by atoms with Crippen LogP contribution in [0.4, 0.5) is 5.00 Å². The smallest absolute Gasteiger partial charge is 0.341 e. The van der Waals surface area contributed by atoms with Gasteiger partial charge in [-0.05, 0) is 25.8 Å². The van der Waals surface area contributed by atoms with E-state index in [0.717, 1.165) is 10.4 Å². The molecule has 0 radical (unpaired) electrons. The van der Waals surface area contributed by atoms with Gasteiger partial charge in [-0.3, -0.25) is 10.1 Å². The summed E-state index contributed by atoms with van der Waals surface area (Å²) in [6.07, 6.45) is 5.81. The lowest BCUT2D eigenvalue weighted by Crippen LogP contribution is -2.28. The number of aryl methyl sites for hydroxylation is 1. The van der Waals surface area contributed by atoms with Crippen molar-refractivity contribution in [3.8, 4) is 12.3 Å². The minimum atomic E-state index is -0.398. The summed E-state index contributed by atoms with van der Waals surface area (Å²) in [5.41, 5.74) is 1.39. The van der Waals surface area contributed by atoms with E-state index in [4.69, 9.17) is 11.2 Å². The summed E-state index contributed by atoms with van der Waals surface area (Å²) in [4.78, 5) is 24.9. The highest BCUT2D eigenvalue weighted by Gasteiger charge is 2.23. The highest BCUT2D eigenvalue weighted by molar-refractivity contribution is 7.16. The molecule has 1 rings (SSSR count). The summed E-state index contributed by atoms with van der Waals surface area (Å²) < 4.78 is 5.08. The summed E-state index contributed by atoms with van der Waals surface area (Å²) in [6.45, 7) is 6.38. The monoisotopic (exact) mass is 308 g/mol. The predicted molar refractivity (Wildman–Crippen MR) is 84.7 cm³/mol. The Morgan fingerprint density at radius 3 is 2.67 bits per heavy atom. The molecule has 0 atom stereocenters. The molecular weight excluding hydrogens is 288 g/mol. The third-order valence-corrected chi connectivity index (χ3v) is 3.87. The van der Waals surface area contributed by atoms with Crippen LogP contribution in [-0.4, -0.2) is 31.6 Å². The highest BCUT2D eigenvalue weighted by atomic mass is 32.1. The zero-order chi connectivity index (χ0) is 15.8. The number of esters is 1. The van der Waals surface area contributed by atoms with Gasteiger partial charge in [0.25, 0.3) is 0 Å². The quantitative estimate of drug-likeness (QED) is 0.459. The second kappa shape index (κ2) is 8.45. The van der Waals surface area contributed by atoms with Crippen molar-refractivity contribution >= 4 is 28.2 Å². The second-order valence-corrected chi connectivity index (χ2v) is 5.50. The number of terminal acetylenes is 1. The molecule has 1 aromatic rings. The van der Waals surface area contributed by atoms with Gasteiger partial charge in [0.15, 0.2) is 0 Å². The predicted octanol–water partition coefficient (Wildman–Crippen LogP) is 1.96. The number of thiophene rings is 1. The van der Waals surface area contributed by atoms with Gasteiger partial charge in [-0.1, -0.05) is 12.8 Å². The van der Waals surface area contributed by atoms with Crippen molar-refractivity contribution in [2.75, 3.05) is 25.0 Å². The topological polar surface area (TPSA) is 67.4 Å². The summed E-state index contributed by atoms with van der Waals surface area (Å²) in [5, 5.41) is 6.09. The number of nitrogens with one attached hydrogen (secondary N) is 2. The van der Waals surface area contributed by atoms with Crippen LogP contribution in [0.1, 0.15) is 34.6 Å². The van der Waals surface area contributed by atoms with E-state index in [1.807, 2.05) is 13.8 Å². The van der Waals surface area contributed by atoms with Gasteiger partial charge >= 0.3 is 5.97 Å². The third kappa shape index (κ3) is 4.59. The van der Waals surface area contributed by atoms with E-state index in [1.165, 1.54) is 11.3 Å². The lowest BCUT2D eigenvalue weighted by atomic mass is 10.1. The first-order valence-corrected chi connectivity index (χ1v) is 7.60. The standard InChI is InChI=1S/C15H20N2O3S/c1-5-8-16-9-12(18)17-14-13(15(19)20-7-3)11(6-2)10(4)21-14/h1,16H,6-9H2,2-4H3,(H,17,18). The number of carbonyl (C=O) groups excluding carboxylic acids is 2. The van der Waals surface area contributed by atoms with Gasteiger partial charge in [0.1, 0.15) is 5.00 Å². The maximum absolute atomic E-state index is 12.1. The Hall–Kier alpha value is -1.84. The van der Waals surface area contributed by atoms with Gasteiger partial charge in [0, 0.05) is 4.88 Å². The molecule has 0 aliphatic heterocycles. The maximum Gasteiger partial charge on any atom is 0.341 e. The van der Waals surface area contributed by atoms with Crippen LogP contribution in [0.15, 0.2) is 0 Å². The van der Waals surface area contributed by atoms with Gasteiger partial charge in [-0.15, -0.1) is 17.8 Å². The Morgan fingerprint density at radius 2 is 2.10 bits per heavy atom. The molecule has 0 fully saturated rings. The summed E-state index contributed by atoms with van der Waals surface area (Å²) in [5.74, 6) is 1.76. The minimum absolute atomic E-state index is 0.102. The molecule has 21 heavy (non-hydrogen) atoms. The molecule has 0 bridgehead atoms. The van der Waals surface area contributed by atoms with Crippen molar-refractivity contribution in [1.29, 1.82) is 0 Å². The first-order valence-electron chi connectivity index (χ1n) is 6.78. The Balaban J connectivity index is 2.93. The van der Waals surface area contributed by atoms with Gasteiger partial charge < -0.3 is 10.1 Å². The van der Waals surface area contributed by atoms with Crippen molar-refractivity contribution in [1.82, 2.24) is 5.32 Å². The van der Waals surface area contributed by atoms with E-state index >= 15 is 0 Å². The van der Waals surface area contributed by atoms with E-state index in [0.29, 0.717) is 30.1 Å². The van der Waals surface area contributed by atoms with Gasteiger partial charge in [0.2, 0.25) is 5.91 Å². The average molecular weight is 308 g/mol. The number of anilines is 1. The van der Waals surface area contributed by atoms with E-state index in [2.05, 4.69) is 16.6 Å². The van der Waals surface area contributed by atoms with Crippen LogP contribution in [0, 0.1) is 19.3 Å².